The Morgan fingerprint density at radius 2 is 0.980 bits per heavy atom. The highest BCUT2D eigenvalue weighted by atomic mass is 19.4. The summed E-state index contributed by atoms with van der Waals surface area (Å²) in [6, 6.07) is 19.5. The molecule has 49 heavy (non-hydrogen) atoms. The zero-order valence-electron chi connectivity index (χ0n) is 28.6. The maximum absolute atomic E-state index is 12.5. The Balaban J connectivity index is 0.000000166. The molecule has 0 aliphatic carbocycles. The van der Waals surface area contributed by atoms with Gasteiger partial charge in [0.05, 0.1) is 22.6 Å². The van der Waals surface area contributed by atoms with Crippen LogP contribution in [0, 0.1) is 48.5 Å². The molecule has 0 amide bonds. The number of nitrogens with one attached hydrogen (secondary N) is 1. The van der Waals surface area contributed by atoms with Crippen LogP contribution in [0.15, 0.2) is 72.8 Å². The van der Waals surface area contributed by atoms with Crippen molar-refractivity contribution in [2.45, 2.75) is 54.6 Å². The zero-order chi connectivity index (χ0) is 36.2. The van der Waals surface area contributed by atoms with Crippen LogP contribution in [0.25, 0.3) is 17.1 Å². The molecule has 258 valence electrons. The Kier molecular flexibility index (Phi) is 10.8. The summed E-state index contributed by atoms with van der Waals surface area (Å²) in [7, 11) is 1.82. The number of nitrogens with zero attached hydrogens (tertiary/aromatic N) is 6. The van der Waals surface area contributed by atoms with Crippen molar-refractivity contribution in [1.82, 2.24) is 29.3 Å². The van der Waals surface area contributed by atoms with Gasteiger partial charge < -0.3 is 20.6 Å². The van der Waals surface area contributed by atoms with E-state index < -0.39 is 17.5 Å². The third-order valence-corrected chi connectivity index (χ3v) is 7.41. The van der Waals surface area contributed by atoms with Gasteiger partial charge in [-0.05, 0) is 115 Å². The molecule has 6 rings (SSSR count). The van der Waals surface area contributed by atoms with Crippen LogP contribution < -0.4 is 5.32 Å². The van der Waals surface area contributed by atoms with E-state index in [0.29, 0.717) is 11.8 Å². The Morgan fingerprint density at radius 1 is 0.531 bits per heavy atom. The van der Waals surface area contributed by atoms with Crippen LogP contribution in [-0.2, 0) is 6.18 Å². The first-order chi connectivity index (χ1) is 23.0. The monoisotopic (exact) mass is 675 g/mol. The first-order valence-corrected chi connectivity index (χ1v) is 15.3. The van der Waals surface area contributed by atoms with Gasteiger partial charge in [0.15, 0.2) is 0 Å². The predicted octanol–water partition coefficient (Wildman–Crippen LogP) is 7.95. The number of hydrogen-bond donors (Lipinski definition) is 4. The lowest BCUT2D eigenvalue weighted by atomic mass is 10.2. The third kappa shape index (κ3) is 8.61. The fourth-order valence-electron chi connectivity index (χ4n) is 5.16. The van der Waals surface area contributed by atoms with E-state index in [4.69, 9.17) is 0 Å². The zero-order valence-corrected chi connectivity index (χ0v) is 28.6. The molecule has 0 bridgehead atoms. The lowest BCUT2D eigenvalue weighted by molar-refractivity contribution is -0.137. The fraction of sp³-hybridized carbons (Fsp3) is 0.250. The second-order valence-electron chi connectivity index (χ2n) is 11.7. The highest BCUT2D eigenvalue weighted by molar-refractivity contribution is 5.57. The first-order valence-electron chi connectivity index (χ1n) is 15.3. The van der Waals surface area contributed by atoms with E-state index in [1.807, 2.05) is 78.1 Å². The topological polar surface area (TPSA) is 126 Å². The molecule has 10 nitrogen and oxygen atoms in total. The van der Waals surface area contributed by atoms with E-state index in [2.05, 4.69) is 20.6 Å². The minimum absolute atomic E-state index is 0.220. The molecule has 0 saturated heterocycles. The number of aromatic nitrogens is 6. The van der Waals surface area contributed by atoms with Crippen molar-refractivity contribution in [2.24, 2.45) is 0 Å². The number of aryl methyl sites for hydroxylation is 7. The highest BCUT2D eigenvalue weighted by Crippen LogP contribution is 2.34. The molecule has 0 atom stereocenters. The van der Waals surface area contributed by atoms with Gasteiger partial charge in [-0.15, -0.1) is 0 Å². The van der Waals surface area contributed by atoms with Crippen molar-refractivity contribution in [3.8, 4) is 34.3 Å². The Bertz CT molecular complexity index is 2080. The number of phenols is 3. The average molecular weight is 676 g/mol. The second kappa shape index (κ2) is 14.6. The van der Waals surface area contributed by atoms with Crippen LogP contribution in [0.1, 0.15) is 45.3 Å². The summed E-state index contributed by atoms with van der Waals surface area (Å²) >= 11 is 0. The van der Waals surface area contributed by atoms with E-state index in [9.17, 15) is 28.5 Å². The van der Waals surface area contributed by atoms with Gasteiger partial charge >= 0.3 is 6.18 Å². The summed E-state index contributed by atoms with van der Waals surface area (Å²) in [4.78, 5) is 0. The Labute approximate surface area is 282 Å². The van der Waals surface area contributed by atoms with Crippen LogP contribution in [0.5, 0.6) is 17.2 Å². The summed E-state index contributed by atoms with van der Waals surface area (Å²) in [5.41, 5.74) is 8.15. The van der Waals surface area contributed by atoms with Gasteiger partial charge in [0, 0.05) is 35.9 Å². The molecule has 0 spiro atoms. The molecule has 0 unspecified atom stereocenters. The number of alkyl halides is 3. The first kappa shape index (κ1) is 36.1. The SMILES string of the molecule is CNc1ccc(-n2nc(C)cc2C)c(O)c1.Cc1cc(C)n(-c2ccc(C(F)(F)F)cc2O)n1.Cc1ccc(O)c(-n2nc(C)cc2C)c1. The maximum Gasteiger partial charge on any atom is 0.416 e. The third-order valence-electron chi connectivity index (χ3n) is 7.41. The number of phenolic OH excluding ortho intramolecular Hbond substituents is 3. The molecule has 4 N–H and O–H groups in total. The summed E-state index contributed by atoms with van der Waals surface area (Å²) in [5, 5.41) is 45.1. The van der Waals surface area contributed by atoms with E-state index in [-0.39, 0.29) is 17.2 Å². The number of aromatic hydroxyl groups is 3. The van der Waals surface area contributed by atoms with Crippen LogP contribution in [-0.4, -0.2) is 51.7 Å². The van der Waals surface area contributed by atoms with Crippen molar-refractivity contribution in [3.05, 3.63) is 118 Å². The normalized spacial score (nSPS) is 11.0. The highest BCUT2D eigenvalue weighted by Gasteiger charge is 2.31. The quantitative estimate of drug-likeness (QED) is 0.149. The molecule has 13 heteroatoms. The second-order valence-corrected chi connectivity index (χ2v) is 11.7. The number of benzene rings is 3. The van der Waals surface area contributed by atoms with Gasteiger partial charge in [-0.2, -0.15) is 28.5 Å². The van der Waals surface area contributed by atoms with Crippen molar-refractivity contribution >= 4 is 5.69 Å². The minimum Gasteiger partial charge on any atom is -0.506 e. The van der Waals surface area contributed by atoms with Crippen molar-refractivity contribution in [1.29, 1.82) is 0 Å². The molecule has 3 aromatic heterocycles. The molecular weight excluding hydrogens is 635 g/mol. The molecule has 0 fully saturated rings. The molecular formula is C36H40F3N7O3. The number of rotatable bonds is 4. The summed E-state index contributed by atoms with van der Waals surface area (Å²) < 4.78 is 42.3. The van der Waals surface area contributed by atoms with Gasteiger partial charge in [0.25, 0.3) is 0 Å². The molecule has 0 aliphatic rings. The van der Waals surface area contributed by atoms with Crippen LogP contribution >= 0.6 is 0 Å². The lowest BCUT2D eigenvalue weighted by Crippen LogP contribution is -2.06. The van der Waals surface area contributed by atoms with Crippen molar-refractivity contribution in [2.75, 3.05) is 12.4 Å². The number of hydrogen-bond acceptors (Lipinski definition) is 7. The standard InChI is InChI=1S/C12H11F3N2O.C12H15N3O.C12H14N2O/c1-7-5-8(2)17(16-7)10-4-3-9(6-11(10)18)12(13,14)15;1-8-6-9(2)15(14-8)11-5-4-10(13-3)7-12(11)16;1-8-4-5-12(15)11(6-8)14-10(3)7-9(2)13-14/h3-6,18H,1-2H3;4-7,13,16H,1-3H3;4-7,15H,1-3H3. The van der Waals surface area contributed by atoms with E-state index >= 15 is 0 Å². The molecule has 3 heterocycles. The average Bonchev–Trinajstić information content (AvgIpc) is 3.67. The van der Waals surface area contributed by atoms with Gasteiger partial charge in [-0.1, -0.05) is 6.07 Å². The summed E-state index contributed by atoms with van der Waals surface area (Å²) in [6.07, 6.45) is -4.47. The van der Waals surface area contributed by atoms with Crippen LogP contribution in [0.4, 0.5) is 18.9 Å². The Morgan fingerprint density at radius 3 is 1.37 bits per heavy atom. The van der Waals surface area contributed by atoms with Crippen molar-refractivity contribution < 1.29 is 28.5 Å². The van der Waals surface area contributed by atoms with E-state index in [1.165, 1.54) is 10.7 Å². The fourth-order valence-corrected chi connectivity index (χ4v) is 5.16. The summed E-state index contributed by atoms with van der Waals surface area (Å²) in [6.45, 7) is 13.3. The minimum atomic E-state index is -4.47. The lowest BCUT2D eigenvalue weighted by Gasteiger charge is -2.11. The van der Waals surface area contributed by atoms with E-state index in [0.717, 1.165) is 57.2 Å². The molecule has 0 radical (unpaired) electrons. The number of anilines is 1. The molecule has 0 saturated carbocycles. The van der Waals surface area contributed by atoms with Gasteiger partial charge in [0.2, 0.25) is 0 Å². The maximum atomic E-state index is 12.5. The van der Waals surface area contributed by atoms with Gasteiger partial charge in [0.1, 0.15) is 34.3 Å². The summed E-state index contributed by atoms with van der Waals surface area (Å²) in [5.74, 6) is 0.0286. The molecule has 3 aromatic carbocycles. The van der Waals surface area contributed by atoms with E-state index in [1.54, 1.807) is 41.4 Å². The van der Waals surface area contributed by atoms with Gasteiger partial charge in [-0.3, -0.25) is 0 Å². The van der Waals surface area contributed by atoms with Crippen molar-refractivity contribution in [3.63, 3.8) is 0 Å². The molecule has 0 aliphatic heterocycles. The van der Waals surface area contributed by atoms with Gasteiger partial charge in [-0.25, -0.2) is 14.0 Å². The largest absolute Gasteiger partial charge is 0.506 e. The molecule has 6 aromatic rings. The Hall–Kier alpha value is -5.72. The predicted molar refractivity (Wildman–Crippen MR) is 183 cm³/mol. The smallest absolute Gasteiger partial charge is 0.416 e. The van der Waals surface area contributed by atoms with Crippen LogP contribution in [0.3, 0.4) is 0 Å². The van der Waals surface area contributed by atoms with Crippen LogP contribution in [0.2, 0.25) is 0 Å². The number of halogens is 3.